The fourth-order valence-corrected chi connectivity index (χ4v) is 4.04. The summed E-state index contributed by atoms with van der Waals surface area (Å²) in [5.74, 6) is -0.341. The molecule has 1 aliphatic heterocycles. The van der Waals surface area contributed by atoms with Crippen molar-refractivity contribution in [2.75, 3.05) is 12.9 Å². The Labute approximate surface area is 159 Å². The van der Waals surface area contributed by atoms with Crippen molar-refractivity contribution >= 4 is 21.0 Å². The first kappa shape index (κ1) is 19.7. The van der Waals surface area contributed by atoms with Crippen LogP contribution in [0.15, 0.2) is 53.4 Å². The van der Waals surface area contributed by atoms with Gasteiger partial charge in [0.15, 0.2) is 16.1 Å². The summed E-state index contributed by atoms with van der Waals surface area (Å²) in [6.07, 6.45) is 0.545. The monoisotopic (exact) mass is 390 g/mol. The standard InChI is InChI=1S/C21H23FO4S/c1-5-25-20-18(15-7-6-8-16(22)13-15)19(21(2,3)26-20)14-9-11-17(12-10-14)27(4,23)24/h6-13,20H,5H2,1-4H3. The Morgan fingerprint density at radius 2 is 1.78 bits per heavy atom. The molecule has 0 bridgehead atoms. The summed E-state index contributed by atoms with van der Waals surface area (Å²) in [4.78, 5) is 0.247. The topological polar surface area (TPSA) is 52.6 Å². The van der Waals surface area contributed by atoms with Gasteiger partial charge in [0.25, 0.3) is 0 Å². The van der Waals surface area contributed by atoms with E-state index in [0.717, 1.165) is 16.7 Å². The van der Waals surface area contributed by atoms with Crippen molar-refractivity contribution in [1.29, 1.82) is 0 Å². The van der Waals surface area contributed by atoms with Crippen LogP contribution in [0.5, 0.6) is 0 Å². The lowest BCUT2D eigenvalue weighted by Gasteiger charge is -2.23. The normalized spacial score (nSPS) is 19.5. The van der Waals surface area contributed by atoms with E-state index >= 15 is 0 Å². The number of hydrogen-bond acceptors (Lipinski definition) is 4. The largest absolute Gasteiger partial charge is 0.349 e. The summed E-state index contributed by atoms with van der Waals surface area (Å²) >= 11 is 0. The van der Waals surface area contributed by atoms with Crippen LogP contribution < -0.4 is 0 Å². The molecule has 6 heteroatoms. The highest BCUT2D eigenvalue weighted by Gasteiger charge is 2.42. The summed E-state index contributed by atoms with van der Waals surface area (Å²) in [5.41, 5.74) is 2.42. The van der Waals surface area contributed by atoms with Gasteiger partial charge in [-0.2, -0.15) is 0 Å². The molecule has 144 valence electrons. The first-order chi connectivity index (χ1) is 12.6. The van der Waals surface area contributed by atoms with Gasteiger partial charge in [0.2, 0.25) is 0 Å². The van der Waals surface area contributed by atoms with Crippen LogP contribution in [0.4, 0.5) is 4.39 Å². The van der Waals surface area contributed by atoms with E-state index in [1.807, 2.05) is 26.8 Å². The van der Waals surface area contributed by atoms with Crippen LogP contribution in [0.1, 0.15) is 31.9 Å². The first-order valence-electron chi connectivity index (χ1n) is 8.74. The number of rotatable bonds is 5. The number of sulfone groups is 1. The molecule has 3 rings (SSSR count). The minimum atomic E-state index is -3.28. The van der Waals surface area contributed by atoms with E-state index < -0.39 is 21.7 Å². The van der Waals surface area contributed by atoms with Crippen molar-refractivity contribution in [2.24, 2.45) is 0 Å². The van der Waals surface area contributed by atoms with Crippen LogP contribution in [-0.4, -0.2) is 33.2 Å². The molecule has 0 aliphatic carbocycles. The molecule has 0 amide bonds. The highest BCUT2D eigenvalue weighted by molar-refractivity contribution is 7.90. The molecule has 2 aromatic carbocycles. The molecule has 1 aliphatic rings. The Bertz CT molecular complexity index is 975. The lowest BCUT2D eigenvalue weighted by Crippen LogP contribution is -2.25. The maximum atomic E-state index is 13.9. The second kappa shape index (κ2) is 7.19. The van der Waals surface area contributed by atoms with E-state index in [9.17, 15) is 12.8 Å². The molecular formula is C21H23FO4S. The Balaban J connectivity index is 2.21. The van der Waals surface area contributed by atoms with Gasteiger partial charge in [-0.3, -0.25) is 0 Å². The molecule has 2 aromatic rings. The molecule has 1 heterocycles. The van der Waals surface area contributed by atoms with Gasteiger partial charge in [-0.25, -0.2) is 12.8 Å². The van der Waals surface area contributed by atoms with Gasteiger partial charge < -0.3 is 9.47 Å². The maximum Gasteiger partial charge on any atom is 0.185 e. The zero-order valence-corrected chi connectivity index (χ0v) is 16.6. The van der Waals surface area contributed by atoms with Gasteiger partial charge in [-0.1, -0.05) is 24.3 Å². The lowest BCUT2D eigenvalue weighted by atomic mass is 9.87. The molecule has 4 nitrogen and oxygen atoms in total. The van der Waals surface area contributed by atoms with Gasteiger partial charge in [-0.05, 0) is 61.7 Å². The first-order valence-corrected chi connectivity index (χ1v) is 10.6. The van der Waals surface area contributed by atoms with Gasteiger partial charge in [0.1, 0.15) is 5.82 Å². The molecule has 1 unspecified atom stereocenters. The molecule has 0 aromatic heterocycles. The fraction of sp³-hybridized carbons (Fsp3) is 0.333. The predicted molar refractivity (Wildman–Crippen MR) is 103 cm³/mol. The zero-order chi connectivity index (χ0) is 19.8. The van der Waals surface area contributed by atoms with Crippen LogP contribution >= 0.6 is 0 Å². The molecule has 0 N–H and O–H groups in total. The Morgan fingerprint density at radius 3 is 2.33 bits per heavy atom. The highest BCUT2D eigenvalue weighted by atomic mass is 32.2. The van der Waals surface area contributed by atoms with Crippen molar-refractivity contribution in [3.05, 3.63) is 65.5 Å². The zero-order valence-electron chi connectivity index (χ0n) is 15.8. The summed E-state index contributed by atoms with van der Waals surface area (Å²) < 4.78 is 49.3. The molecule has 0 saturated heterocycles. The average Bonchev–Trinajstić information content (AvgIpc) is 2.85. The summed E-state index contributed by atoms with van der Waals surface area (Å²) in [7, 11) is -3.28. The Hall–Kier alpha value is -2.02. The Kier molecular flexibility index (Phi) is 5.25. The molecule has 0 radical (unpaired) electrons. The van der Waals surface area contributed by atoms with Gasteiger partial charge in [0, 0.05) is 18.4 Å². The van der Waals surface area contributed by atoms with Crippen molar-refractivity contribution in [1.82, 2.24) is 0 Å². The molecule has 0 spiro atoms. The number of halogens is 1. The van der Waals surface area contributed by atoms with E-state index in [1.165, 1.54) is 18.4 Å². The van der Waals surface area contributed by atoms with Crippen molar-refractivity contribution < 1.29 is 22.3 Å². The number of hydrogen-bond donors (Lipinski definition) is 0. The molecule has 1 atom stereocenters. The van der Waals surface area contributed by atoms with Crippen LogP contribution in [0.2, 0.25) is 0 Å². The van der Waals surface area contributed by atoms with Gasteiger partial charge in [0.05, 0.1) is 10.5 Å². The third kappa shape index (κ3) is 3.98. The van der Waals surface area contributed by atoms with Crippen LogP contribution in [0.3, 0.4) is 0 Å². The van der Waals surface area contributed by atoms with E-state index in [0.29, 0.717) is 12.2 Å². The summed E-state index contributed by atoms with van der Waals surface area (Å²) in [6.45, 7) is 6.16. The second-order valence-corrected chi connectivity index (χ2v) is 9.03. The Morgan fingerprint density at radius 1 is 1.11 bits per heavy atom. The van der Waals surface area contributed by atoms with Crippen LogP contribution in [-0.2, 0) is 19.3 Å². The van der Waals surface area contributed by atoms with E-state index in [-0.39, 0.29) is 10.7 Å². The molecule has 0 saturated carbocycles. The lowest BCUT2D eigenvalue weighted by molar-refractivity contribution is -0.134. The predicted octanol–water partition coefficient (Wildman–Crippen LogP) is 4.31. The van der Waals surface area contributed by atoms with Crippen molar-refractivity contribution in [2.45, 2.75) is 37.6 Å². The van der Waals surface area contributed by atoms with Crippen molar-refractivity contribution in [3.8, 4) is 0 Å². The van der Waals surface area contributed by atoms with Crippen LogP contribution in [0.25, 0.3) is 11.1 Å². The summed E-state index contributed by atoms with van der Waals surface area (Å²) in [5, 5.41) is 0. The van der Waals surface area contributed by atoms with Gasteiger partial charge >= 0.3 is 0 Å². The van der Waals surface area contributed by atoms with Gasteiger partial charge in [-0.15, -0.1) is 0 Å². The summed E-state index contributed by atoms with van der Waals surface area (Å²) in [6, 6.07) is 13.0. The minimum absolute atomic E-state index is 0.247. The molecule has 27 heavy (non-hydrogen) atoms. The van der Waals surface area contributed by atoms with Crippen molar-refractivity contribution in [3.63, 3.8) is 0 Å². The minimum Gasteiger partial charge on any atom is -0.349 e. The number of ether oxygens (including phenoxy) is 2. The SMILES string of the molecule is CCOC1OC(C)(C)C(c2ccc(S(C)(=O)=O)cc2)=C1c1cccc(F)c1. The molecule has 0 fully saturated rings. The smallest absolute Gasteiger partial charge is 0.185 e. The van der Waals surface area contributed by atoms with E-state index in [1.54, 1.807) is 30.3 Å². The quantitative estimate of drug-likeness (QED) is 0.763. The highest BCUT2D eigenvalue weighted by Crippen LogP contribution is 2.47. The average molecular weight is 390 g/mol. The fourth-order valence-electron chi connectivity index (χ4n) is 3.40. The van der Waals surface area contributed by atoms with E-state index in [4.69, 9.17) is 9.47 Å². The molecular weight excluding hydrogens is 367 g/mol. The van der Waals surface area contributed by atoms with Crippen LogP contribution in [0, 0.1) is 5.82 Å². The maximum absolute atomic E-state index is 13.9. The van der Waals surface area contributed by atoms with E-state index in [2.05, 4.69) is 0 Å². The number of benzene rings is 2. The third-order valence-electron chi connectivity index (χ3n) is 4.53. The third-order valence-corrected chi connectivity index (χ3v) is 5.66. The second-order valence-electron chi connectivity index (χ2n) is 7.01.